The molecular weight excluding hydrogens is 298 g/mol. The topological polar surface area (TPSA) is 102 Å². The molecule has 0 saturated carbocycles. The number of ether oxygens (including phenoxy) is 2. The molecule has 0 radical (unpaired) electrons. The van der Waals surface area contributed by atoms with E-state index in [-0.39, 0.29) is 24.0 Å². The van der Waals surface area contributed by atoms with Gasteiger partial charge < -0.3 is 14.4 Å². The maximum Gasteiger partial charge on any atom is 0.249 e. The molecule has 9 heteroatoms. The Balaban J connectivity index is 2.27. The minimum Gasteiger partial charge on any atom is -0.377 e. The summed E-state index contributed by atoms with van der Waals surface area (Å²) in [5, 5.41) is 6.47. The Kier molecular flexibility index (Phi) is 4.96. The van der Waals surface area contributed by atoms with Crippen molar-refractivity contribution in [3.05, 3.63) is 11.9 Å². The van der Waals surface area contributed by atoms with Gasteiger partial charge in [0.25, 0.3) is 0 Å². The number of carbonyl (C=O) groups is 1. The molecule has 1 aliphatic heterocycles. The Morgan fingerprint density at radius 3 is 3.05 bits per heavy atom. The van der Waals surface area contributed by atoms with Gasteiger partial charge in [-0.1, -0.05) is 0 Å². The van der Waals surface area contributed by atoms with Crippen molar-refractivity contribution in [3.8, 4) is 0 Å². The number of carbonyl (C=O) groups excluding carboxylic acids is 1. The largest absolute Gasteiger partial charge is 0.377 e. The molecule has 0 aliphatic carbocycles. The molecule has 0 unspecified atom stereocenters. The van der Waals surface area contributed by atoms with Gasteiger partial charge in [-0.05, 0) is 6.92 Å². The van der Waals surface area contributed by atoms with Crippen molar-refractivity contribution in [1.82, 2.24) is 15.1 Å². The number of nitrogens with one attached hydrogen (secondary N) is 1. The number of hydrogen-bond acceptors (Lipinski definition) is 6. The van der Waals surface area contributed by atoms with Gasteiger partial charge in [-0.15, -0.1) is 0 Å². The van der Waals surface area contributed by atoms with E-state index in [0.29, 0.717) is 25.5 Å². The molecule has 21 heavy (non-hydrogen) atoms. The summed E-state index contributed by atoms with van der Waals surface area (Å²) in [6.07, 6.45) is 2.36. The summed E-state index contributed by atoms with van der Waals surface area (Å²) >= 11 is 0. The van der Waals surface area contributed by atoms with Gasteiger partial charge in [-0.3, -0.25) is 9.89 Å². The lowest BCUT2D eigenvalue weighted by atomic mass is 10.1. The van der Waals surface area contributed by atoms with Crippen molar-refractivity contribution in [2.75, 3.05) is 39.2 Å². The summed E-state index contributed by atoms with van der Waals surface area (Å²) in [6.45, 7) is 3.24. The van der Waals surface area contributed by atoms with E-state index in [1.54, 1.807) is 11.8 Å². The predicted molar refractivity (Wildman–Crippen MR) is 73.5 cm³/mol. The number of hydrogen-bond donors (Lipinski definition) is 1. The van der Waals surface area contributed by atoms with Gasteiger partial charge >= 0.3 is 0 Å². The molecule has 0 spiro atoms. The number of amides is 1. The monoisotopic (exact) mass is 317 g/mol. The molecule has 1 amide bonds. The van der Waals surface area contributed by atoms with Crippen molar-refractivity contribution in [2.24, 2.45) is 0 Å². The number of aromatic amines is 1. The first-order valence-electron chi connectivity index (χ1n) is 6.63. The Morgan fingerprint density at radius 1 is 1.62 bits per heavy atom. The van der Waals surface area contributed by atoms with E-state index in [2.05, 4.69) is 10.2 Å². The van der Waals surface area contributed by atoms with E-state index in [1.165, 1.54) is 6.20 Å². The molecule has 0 aromatic carbocycles. The molecule has 2 rings (SSSR count). The molecule has 1 saturated heterocycles. The lowest BCUT2D eigenvalue weighted by Crippen LogP contribution is -2.45. The van der Waals surface area contributed by atoms with Gasteiger partial charge in [-0.2, -0.15) is 5.10 Å². The first-order chi connectivity index (χ1) is 9.95. The van der Waals surface area contributed by atoms with Crippen molar-refractivity contribution in [2.45, 2.75) is 17.9 Å². The number of sulfone groups is 1. The van der Waals surface area contributed by atoms with Gasteiger partial charge in [0.2, 0.25) is 5.91 Å². The third-order valence-corrected chi connectivity index (χ3v) is 4.37. The highest BCUT2D eigenvalue weighted by Gasteiger charge is 2.33. The molecule has 1 aromatic heterocycles. The van der Waals surface area contributed by atoms with Gasteiger partial charge in [0.1, 0.15) is 11.5 Å². The van der Waals surface area contributed by atoms with Crippen LogP contribution in [0.2, 0.25) is 0 Å². The van der Waals surface area contributed by atoms with E-state index in [9.17, 15) is 13.2 Å². The maximum absolute atomic E-state index is 12.2. The Morgan fingerprint density at radius 2 is 2.38 bits per heavy atom. The number of morpholine rings is 1. The molecule has 1 aliphatic rings. The van der Waals surface area contributed by atoms with Crippen LogP contribution >= 0.6 is 0 Å². The second kappa shape index (κ2) is 6.54. The van der Waals surface area contributed by atoms with Crippen LogP contribution in [0.5, 0.6) is 0 Å². The zero-order valence-electron chi connectivity index (χ0n) is 12.0. The van der Waals surface area contributed by atoms with Crippen molar-refractivity contribution in [1.29, 1.82) is 0 Å². The van der Waals surface area contributed by atoms with Gasteiger partial charge in [-0.25, -0.2) is 8.42 Å². The van der Waals surface area contributed by atoms with E-state index < -0.39 is 15.9 Å². The van der Waals surface area contributed by atoms with Crippen LogP contribution in [0.4, 0.5) is 0 Å². The van der Waals surface area contributed by atoms with Gasteiger partial charge in [0.15, 0.2) is 9.84 Å². The number of H-pyrrole nitrogens is 1. The zero-order chi connectivity index (χ0) is 15.5. The quantitative estimate of drug-likeness (QED) is 0.803. The molecule has 1 fully saturated rings. The first kappa shape index (κ1) is 15.9. The fourth-order valence-corrected chi connectivity index (χ4v) is 3.06. The highest BCUT2D eigenvalue weighted by molar-refractivity contribution is 7.90. The molecule has 2 heterocycles. The minimum atomic E-state index is -3.42. The molecule has 1 N–H and O–H groups in total. The SMILES string of the molecule is CCOCC(=O)N1CCOC[C@H]1c1[nH]ncc1S(C)(=O)=O. The highest BCUT2D eigenvalue weighted by Crippen LogP contribution is 2.27. The first-order valence-corrected chi connectivity index (χ1v) is 8.52. The summed E-state index contributed by atoms with van der Waals surface area (Å²) in [7, 11) is -3.42. The van der Waals surface area contributed by atoms with Crippen LogP contribution in [0.15, 0.2) is 11.1 Å². The van der Waals surface area contributed by atoms with Crippen LogP contribution in [-0.2, 0) is 24.1 Å². The summed E-state index contributed by atoms with van der Waals surface area (Å²) in [6, 6.07) is -0.501. The van der Waals surface area contributed by atoms with Crippen LogP contribution in [0.1, 0.15) is 18.7 Å². The number of rotatable bonds is 5. The normalized spacial score (nSPS) is 19.7. The molecule has 8 nitrogen and oxygen atoms in total. The van der Waals surface area contributed by atoms with Crippen LogP contribution in [0, 0.1) is 0 Å². The van der Waals surface area contributed by atoms with E-state index in [1.807, 2.05) is 0 Å². The second-order valence-electron chi connectivity index (χ2n) is 4.74. The fraction of sp³-hybridized carbons (Fsp3) is 0.667. The second-order valence-corrected chi connectivity index (χ2v) is 6.72. The average Bonchev–Trinajstić information content (AvgIpc) is 2.94. The Hall–Kier alpha value is -1.45. The molecule has 118 valence electrons. The van der Waals surface area contributed by atoms with Crippen LogP contribution in [-0.4, -0.2) is 68.7 Å². The summed E-state index contributed by atoms with van der Waals surface area (Å²) in [5.41, 5.74) is 0.377. The van der Waals surface area contributed by atoms with Gasteiger partial charge in [0.05, 0.1) is 31.1 Å². The Bertz CT molecular complexity index is 598. The van der Waals surface area contributed by atoms with Crippen molar-refractivity contribution < 1.29 is 22.7 Å². The van der Waals surface area contributed by atoms with Crippen molar-refractivity contribution in [3.63, 3.8) is 0 Å². The van der Waals surface area contributed by atoms with E-state index >= 15 is 0 Å². The molecule has 1 atom stereocenters. The zero-order valence-corrected chi connectivity index (χ0v) is 12.9. The predicted octanol–water partition coefficient (Wildman–Crippen LogP) is -0.250. The van der Waals surface area contributed by atoms with E-state index in [4.69, 9.17) is 9.47 Å². The van der Waals surface area contributed by atoms with Crippen molar-refractivity contribution >= 4 is 15.7 Å². The molecule has 1 aromatic rings. The number of aromatic nitrogens is 2. The third kappa shape index (κ3) is 3.60. The van der Waals surface area contributed by atoms with Crippen LogP contribution < -0.4 is 0 Å². The Labute approximate surface area is 123 Å². The van der Waals surface area contributed by atoms with Gasteiger partial charge in [0, 0.05) is 19.4 Å². The lowest BCUT2D eigenvalue weighted by Gasteiger charge is -2.35. The minimum absolute atomic E-state index is 0.0324. The maximum atomic E-state index is 12.2. The highest BCUT2D eigenvalue weighted by atomic mass is 32.2. The summed E-state index contributed by atoms with van der Waals surface area (Å²) < 4.78 is 34.1. The van der Waals surface area contributed by atoms with Crippen LogP contribution in [0.3, 0.4) is 0 Å². The smallest absolute Gasteiger partial charge is 0.249 e. The van der Waals surface area contributed by atoms with E-state index in [0.717, 1.165) is 6.26 Å². The summed E-state index contributed by atoms with van der Waals surface area (Å²) in [5.74, 6) is -0.195. The summed E-state index contributed by atoms with van der Waals surface area (Å²) in [4.78, 5) is 13.8. The molecular formula is C12H19N3O5S. The molecule has 0 bridgehead atoms. The average molecular weight is 317 g/mol. The number of nitrogens with zero attached hydrogens (tertiary/aromatic N) is 2. The third-order valence-electron chi connectivity index (χ3n) is 3.24. The standard InChI is InChI=1S/C12H19N3O5S/c1-3-19-8-11(16)15-4-5-20-7-9(15)12-10(6-13-14-12)21(2,17)18/h6,9H,3-5,7-8H2,1-2H3,(H,13,14)/t9-/m0/s1. The van der Waals surface area contributed by atoms with Crippen LogP contribution in [0.25, 0.3) is 0 Å². The lowest BCUT2D eigenvalue weighted by molar-refractivity contribution is -0.145. The fourth-order valence-electron chi connectivity index (χ4n) is 2.23.